The number of hydrogen-bond donors (Lipinski definition) is 2. The molecule has 0 amide bonds. The van der Waals surface area contributed by atoms with Gasteiger partial charge in [0, 0.05) is 37.6 Å². The van der Waals surface area contributed by atoms with Crippen molar-refractivity contribution >= 4 is 24.8 Å². The molecule has 0 unspecified atom stereocenters. The average Bonchev–Trinajstić information content (AvgIpc) is 3.05. The number of nitrogens with one attached hydrogen (secondary N) is 1. The Morgan fingerprint density at radius 3 is 2.60 bits per heavy atom. The molecule has 3 atom stereocenters. The fraction of sp³-hybridized carbons (Fsp3) is 0.600. The fourth-order valence-corrected chi connectivity index (χ4v) is 2.96. The summed E-state index contributed by atoms with van der Waals surface area (Å²) in [4.78, 5) is 2.47. The van der Waals surface area contributed by atoms with E-state index in [9.17, 15) is 0 Å². The monoisotopic (exact) mass is 317 g/mol. The quantitative estimate of drug-likeness (QED) is 0.873. The summed E-state index contributed by atoms with van der Waals surface area (Å²) in [6.45, 7) is 4.50. The van der Waals surface area contributed by atoms with Gasteiger partial charge in [-0.1, -0.05) is 30.3 Å². The molecule has 1 aliphatic carbocycles. The molecular formula is C15H25Cl2N3. The van der Waals surface area contributed by atoms with Gasteiger partial charge in [0.2, 0.25) is 0 Å². The summed E-state index contributed by atoms with van der Waals surface area (Å²) < 4.78 is 0. The Balaban J connectivity index is 0.000001000. The van der Waals surface area contributed by atoms with Crippen LogP contribution in [0, 0.1) is 0 Å². The highest BCUT2D eigenvalue weighted by molar-refractivity contribution is 5.85. The van der Waals surface area contributed by atoms with Gasteiger partial charge >= 0.3 is 0 Å². The maximum Gasteiger partial charge on any atom is 0.0180 e. The SMILES string of the molecule is Cl.Cl.N[C@@H]1CCN(CCN[C@@H]2C[C@H]2c2ccccc2)C1. The first kappa shape index (κ1) is 17.7. The predicted octanol–water partition coefficient (Wildman–Crippen LogP) is 2.01. The first-order valence-corrected chi connectivity index (χ1v) is 7.09. The molecule has 20 heavy (non-hydrogen) atoms. The normalized spacial score (nSPS) is 28.6. The molecule has 2 aliphatic rings. The van der Waals surface area contributed by atoms with E-state index in [1.54, 1.807) is 0 Å². The van der Waals surface area contributed by atoms with Crippen molar-refractivity contribution in [3.8, 4) is 0 Å². The maximum absolute atomic E-state index is 5.90. The topological polar surface area (TPSA) is 41.3 Å². The molecule has 1 heterocycles. The van der Waals surface area contributed by atoms with Crippen molar-refractivity contribution in [2.75, 3.05) is 26.2 Å². The second-order valence-corrected chi connectivity index (χ2v) is 5.66. The number of hydrogen-bond acceptors (Lipinski definition) is 3. The largest absolute Gasteiger partial charge is 0.326 e. The van der Waals surface area contributed by atoms with Crippen LogP contribution in [0.1, 0.15) is 24.3 Å². The van der Waals surface area contributed by atoms with E-state index < -0.39 is 0 Å². The van der Waals surface area contributed by atoms with Crippen LogP contribution in [0.3, 0.4) is 0 Å². The van der Waals surface area contributed by atoms with Gasteiger partial charge in [-0.05, 0) is 24.9 Å². The molecule has 3 rings (SSSR count). The highest BCUT2D eigenvalue weighted by Crippen LogP contribution is 2.40. The molecular weight excluding hydrogens is 293 g/mol. The molecule has 114 valence electrons. The lowest BCUT2D eigenvalue weighted by atomic mass is 10.1. The lowest BCUT2D eigenvalue weighted by molar-refractivity contribution is 0.331. The second kappa shape index (κ2) is 8.20. The smallest absolute Gasteiger partial charge is 0.0180 e. The molecule has 1 aromatic carbocycles. The van der Waals surface area contributed by atoms with Gasteiger partial charge in [-0.3, -0.25) is 0 Å². The third kappa shape index (κ3) is 4.61. The third-order valence-electron chi connectivity index (χ3n) is 4.16. The van der Waals surface area contributed by atoms with Gasteiger partial charge in [0.25, 0.3) is 0 Å². The summed E-state index contributed by atoms with van der Waals surface area (Å²) in [6.07, 6.45) is 2.46. The zero-order valence-corrected chi connectivity index (χ0v) is 13.3. The first-order valence-electron chi connectivity index (χ1n) is 7.09. The minimum absolute atomic E-state index is 0. The lowest BCUT2D eigenvalue weighted by Crippen LogP contribution is -2.33. The Morgan fingerprint density at radius 2 is 1.95 bits per heavy atom. The molecule has 1 aliphatic heterocycles. The Labute approximate surface area is 134 Å². The number of rotatable bonds is 5. The van der Waals surface area contributed by atoms with E-state index in [-0.39, 0.29) is 24.8 Å². The number of halogens is 2. The third-order valence-corrected chi connectivity index (χ3v) is 4.16. The van der Waals surface area contributed by atoms with Gasteiger partial charge in [0.1, 0.15) is 0 Å². The van der Waals surface area contributed by atoms with E-state index in [0.717, 1.165) is 32.0 Å². The summed E-state index contributed by atoms with van der Waals surface area (Å²) in [6, 6.07) is 11.9. The molecule has 1 saturated heterocycles. The Morgan fingerprint density at radius 1 is 1.20 bits per heavy atom. The Kier molecular flexibility index (Phi) is 7.27. The Hall–Kier alpha value is -0.320. The number of nitrogens with two attached hydrogens (primary N) is 1. The highest BCUT2D eigenvalue weighted by Gasteiger charge is 2.37. The molecule has 2 fully saturated rings. The van der Waals surface area contributed by atoms with Crippen molar-refractivity contribution in [2.45, 2.75) is 30.8 Å². The summed E-state index contributed by atoms with van der Waals surface area (Å²) >= 11 is 0. The number of benzene rings is 1. The molecule has 3 nitrogen and oxygen atoms in total. The molecule has 0 spiro atoms. The van der Waals surface area contributed by atoms with Crippen LogP contribution in [-0.4, -0.2) is 43.2 Å². The second-order valence-electron chi connectivity index (χ2n) is 5.66. The number of nitrogens with zero attached hydrogens (tertiary/aromatic N) is 1. The van der Waals surface area contributed by atoms with E-state index in [0.29, 0.717) is 12.1 Å². The van der Waals surface area contributed by atoms with Gasteiger partial charge in [0.15, 0.2) is 0 Å². The lowest BCUT2D eigenvalue weighted by Gasteiger charge is -2.15. The van der Waals surface area contributed by atoms with Gasteiger partial charge in [-0.25, -0.2) is 0 Å². The molecule has 1 saturated carbocycles. The van der Waals surface area contributed by atoms with Crippen molar-refractivity contribution in [2.24, 2.45) is 5.73 Å². The van der Waals surface area contributed by atoms with E-state index in [4.69, 9.17) is 5.73 Å². The van der Waals surface area contributed by atoms with E-state index in [1.165, 1.54) is 18.5 Å². The van der Waals surface area contributed by atoms with Crippen LogP contribution >= 0.6 is 24.8 Å². The van der Waals surface area contributed by atoms with Crippen LogP contribution in [-0.2, 0) is 0 Å². The predicted molar refractivity (Wildman–Crippen MR) is 89.1 cm³/mol. The molecule has 0 radical (unpaired) electrons. The molecule has 0 aromatic heterocycles. The van der Waals surface area contributed by atoms with Gasteiger partial charge in [-0.2, -0.15) is 0 Å². The minimum atomic E-state index is 0. The minimum Gasteiger partial charge on any atom is -0.326 e. The maximum atomic E-state index is 5.90. The van der Waals surface area contributed by atoms with E-state index >= 15 is 0 Å². The van der Waals surface area contributed by atoms with Crippen LogP contribution in [0.4, 0.5) is 0 Å². The zero-order chi connectivity index (χ0) is 12.4. The van der Waals surface area contributed by atoms with Crippen LogP contribution in [0.15, 0.2) is 30.3 Å². The molecule has 1 aromatic rings. The standard InChI is InChI=1S/C15H23N3.2ClH/c16-13-6-8-18(11-13)9-7-17-15-10-14(15)12-4-2-1-3-5-12;;/h1-5,13-15,17H,6-11,16H2;2*1H/t13-,14+,15-;;/m1../s1. The van der Waals surface area contributed by atoms with Crippen LogP contribution < -0.4 is 11.1 Å². The van der Waals surface area contributed by atoms with E-state index in [1.807, 2.05) is 0 Å². The van der Waals surface area contributed by atoms with Crippen LogP contribution in [0.2, 0.25) is 0 Å². The number of likely N-dealkylation sites (tertiary alicyclic amines) is 1. The zero-order valence-electron chi connectivity index (χ0n) is 11.7. The van der Waals surface area contributed by atoms with Crippen molar-refractivity contribution in [3.63, 3.8) is 0 Å². The average molecular weight is 318 g/mol. The van der Waals surface area contributed by atoms with E-state index in [2.05, 4.69) is 40.5 Å². The molecule has 0 bridgehead atoms. The summed E-state index contributed by atoms with van der Waals surface area (Å²) in [5, 5.41) is 3.66. The molecule has 5 heteroatoms. The highest BCUT2D eigenvalue weighted by atomic mass is 35.5. The fourth-order valence-electron chi connectivity index (χ4n) is 2.96. The van der Waals surface area contributed by atoms with Crippen LogP contribution in [0.25, 0.3) is 0 Å². The van der Waals surface area contributed by atoms with Crippen molar-refractivity contribution in [3.05, 3.63) is 35.9 Å². The van der Waals surface area contributed by atoms with Gasteiger partial charge in [0.05, 0.1) is 0 Å². The van der Waals surface area contributed by atoms with Gasteiger partial charge < -0.3 is 16.0 Å². The van der Waals surface area contributed by atoms with Crippen molar-refractivity contribution in [1.82, 2.24) is 10.2 Å². The summed E-state index contributed by atoms with van der Waals surface area (Å²) in [7, 11) is 0. The van der Waals surface area contributed by atoms with Crippen LogP contribution in [0.5, 0.6) is 0 Å². The summed E-state index contributed by atoms with van der Waals surface area (Å²) in [5.41, 5.74) is 7.39. The summed E-state index contributed by atoms with van der Waals surface area (Å²) in [5.74, 6) is 0.743. The van der Waals surface area contributed by atoms with Crippen molar-refractivity contribution < 1.29 is 0 Å². The Bertz CT molecular complexity index is 388. The molecule has 3 N–H and O–H groups in total. The van der Waals surface area contributed by atoms with Crippen molar-refractivity contribution in [1.29, 1.82) is 0 Å². The van der Waals surface area contributed by atoms with Gasteiger partial charge in [-0.15, -0.1) is 24.8 Å². The first-order chi connectivity index (χ1) is 8.83.